The van der Waals surface area contributed by atoms with Gasteiger partial charge in [0.15, 0.2) is 24.7 Å². The highest BCUT2D eigenvalue weighted by atomic mass is 32.1. The molecule has 0 bridgehead atoms. The Labute approximate surface area is 211 Å². The molecule has 1 aliphatic heterocycles. The fourth-order valence-corrected chi connectivity index (χ4v) is 4.39. The molecular weight excluding hydrogens is 525 g/mol. The summed E-state index contributed by atoms with van der Waals surface area (Å²) in [5, 5.41) is 23.3. The normalized spacial score (nSPS) is 13.7. The van der Waals surface area contributed by atoms with Gasteiger partial charge in [-0.25, -0.2) is 14.4 Å². The number of alkyl halides is 3. The predicted molar refractivity (Wildman–Crippen MR) is 120 cm³/mol. The number of hydrogen-bond acceptors (Lipinski definition) is 9. The van der Waals surface area contributed by atoms with Crippen LogP contribution in [0, 0.1) is 0 Å². The van der Waals surface area contributed by atoms with Crippen molar-refractivity contribution in [1.82, 2.24) is 10.6 Å². The summed E-state index contributed by atoms with van der Waals surface area (Å²) in [6.45, 7) is -0.918. The van der Waals surface area contributed by atoms with Gasteiger partial charge < -0.3 is 35.1 Å². The van der Waals surface area contributed by atoms with E-state index in [0.717, 1.165) is 35.5 Å². The summed E-state index contributed by atoms with van der Waals surface area (Å²) >= 11 is 1.25. The van der Waals surface area contributed by atoms with Gasteiger partial charge in [-0.1, -0.05) is 6.07 Å². The number of halogens is 3. The van der Waals surface area contributed by atoms with Crippen molar-refractivity contribution in [3.05, 3.63) is 45.1 Å². The molecular formula is C22H21F3N2O9S. The number of amides is 1. The highest BCUT2D eigenvalue weighted by molar-refractivity contribution is 7.14. The van der Waals surface area contributed by atoms with Crippen LogP contribution in [0.1, 0.15) is 31.8 Å². The summed E-state index contributed by atoms with van der Waals surface area (Å²) < 4.78 is 53.4. The summed E-state index contributed by atoms with van der Waals surface area (Å²) in [4.78, 5) is 47.3. The smallest absolute Gasteiger partial charge is 0.479 e. The molecule has 200 valence electrons. The maximum absolute atomic E-state index is 12.9. The van der Waals surface area contributed by atoms with Gasteiger partial charge in [-0.05, 0) is 35.7 Å². The van der Waals surface area contributed by atoms with Crippen LogP contribution in [-0.4, -0.2) is 66.5 Å². The van der Waals surface area contributed by atoms with Gasteiger partial charge >= 0.3 is 24.1 Å². The second-order valence-corrected chi connectivity index (χ2v) is 8.80. The second kappa shape index (κ2) is 11.9. The molecule has 37 heavy (non-hydrogen) atoms. The van der Waals surface area contributed by atoms with Gasteiger partial charge in [-0.2, -0.15) is 13.2 Å². The van der Waals surface area contributed by atoms with Crippen molar-refractivity contribution in [2.75, 3.05) is 26.3 Å². The number of carboxylic acid groups (broad SMARTS) is 2. The molecule has 1 aliphatic rings. The van der Waals surface area contributed by atoms with E-state index in [-0.39, 0.29) is 17.1 Å². The molecule has 0 radical (unpaired) electrons. The summed E-state index contributed by atoms with van der Waals surface area (Å²) in [7, 11) is 0. The number of carbonyl (C=O) groups is 4. The molecule has 0 fully saturated rings. The van der Waals surface area contributed by atoms with E-state index >= 15 is 0 Å². The number of hydrogen-bond donors (Lipinski definition) is 4. The Hall–Kier alpha value is -3.85. The molecule has 0 saturated carbocycles. The zero-order valence-electron chi connectivity index (χ0n) is 18.9. The van der Waals surface area contributed by atoms with Crippen LogP contribution < -0.4 is 20.1 Å². The number of ether oxygens (including phenoxy) is 3. The second-order valence-electron chi connectivity index (χ2n) is 7.66. The number of carbonyl (C=O) groups excluding carboxylic acids is 2. The van der Waals surface area contributed by atoms with E-state index < -0.39 is 55.9 Å². The van der Waals surface area contributed by atoms with Crippen molar-refractivity contribution in [3.8, 4) is 11.5 Å². The Morgan fingerprint density at radius 3 is 2.35 bits per heavy atom. The number of fused-ring (bicyclic) bond motifs is 1. The molecule has 2 heterocycles. The van der Waals surface area contributed by atoms with Crippen molar-refractivity contribution in [3.63, 3.8) is 0 Å². The molecule has 1 amide bonds. The van der Waals surface area contributed by atoms with Crippen LogP contribution in [0.5, 0.6) is 11.5 Å². The molecule has 11 nitrogen and oxygen atoms in total. The highest BCUT2D eigenvalue weighted by Gasteiger charge is 2.42. The largest absolute Gasteiger partial charge is 0.490 e. The molecule has 0 spiro atoms. The molecule has 15 heteroatoms. The first-order valence-electron chi connectivity index (χ1n) is 10.7. The van der Waals surface area contributed by atoms with Crippen LogP contribution in [0.25, 0.3) is 0 Å². The summed E-state index contributed by atoms with van der Waals surface area (Å²) in [6.07, 6.45) is -6.25. The lowest BCUT2D eigenvalue weighted by Crippen LogP contribution is -2.33. The third kappa shape index (κ3) is 7.82. The van der Waals surface area contributed by atoms with Crippen LogP contribution in [0.4, 0.5) is 13.2 Å². The minimum Gasteiger partial charge on any atom is -0.479 e. The van der Waals surface area contributed by atoms with Crippen molar-refractivity contribution in [2.45, 2.75) is 25.2 Å². The van der Waals surface area contributed by atoms with E-state index in [1.54, 1.807) is 6.07 Å². The molecule has 0 saturated heterocycles. The summed E-state index contributed by atoms with van der Waals surface area (Å²) in [5.41, 5.74) is 0.842. The van der Waals surface area contributed by atoms with Crippen LogP contribution in [0.2, 0.25) is 0 Å². The molecule has 3 rings (SSSR count). The van der Waals surface area contributed by atoms with Crippen molar-refractivity contribution in [1.29, 1.82) is 0 Å². The monoisotopic (exact) mass is 546 g/mol. The van der Waals surface area contributed by atoms with Gasteiger partial charge in [0.25, 0.3) is 5.91 Å². The van der Waals surface area contributed by atoms with Gasteiger partial charge in [0.2, 0.25) is 0 Å². The van der Waals surface area contributed by atoms with E-state index in [1.165, 1.54) is 17.4 Å². The number of thiophene rings is 1. The van der Waals surface area contributed by atoms with Gasteiger partial charge in [-0.15, -0.1) is 11.3 Å². The van der Waals surface area contributed by atoms with Crippen molar-refractivity contribution < 1.29 is 56.8 Å². The maximum atomic E-state index is 12.9. The first kappa shape index (κ1) is 27.7. The van der Waals surface area contributed by atoms with Crippen molar-refractivity contribution >= 4 is 35.2 Å². The van der Waals surface area contributed by atoms with Gasteiger partial charge in [0.1, 0.15) is 6.10 Å². The standard InChI is InChI=1S/C22H21F3N2O9S/c23-22(24,25)21(33)36-15(8-27-20(32)17-6-12-7-26-4-3-16(12)37-17)11-1-2-13(34-9-18(28)29)14(5-11)35-10-19(30)31/h1-2,5-6,15,26H,3-4,7-10H2,(H,27,32)(H,28,29)(H,30,31). The topological polar surface area (TPSA) is 160 Å². The average Bonchev–Trinajstić information content (AvgIpc) is 3.27. The quantitative estimate of drug-likeness (QED) is 0.307. The molecule has 1 atom stereocenters. The number of aliphatic carboxylic acids is 2. The third-order valence-electron chi connectivity index (χ3n) is 4.94. The van der Waals surface area contributed by atoms with Crippen LogP contribution in [0.3, 0.4) is 0 Å². The number of benzene rings is 1. The Bertz CT molecular complexity index is 1160. The van der Waals surface area contributed by atoms with Gasteiger partial charge in [0, 0.05) is 18.0 Å². The van der Waals surface area contributed by atoms with E-state index in [0.29, 0.717) is 11.4 Å². The van der Waals surface area contributed by atoms with E-state index in [4.69, 9.17) is 19.7 Å². The fourth-order valence-electron chi connectivity index (χ4n) is 3.30. The Morgan fingerprint density at radius 1 is 1.05 bits per heavy atom. The molecule has 4 N–H and O–H groups in total. The Morgan fingerprint density at radius 2 is 1.73 bits per heavy atom. The lowest BCUT2D eigenvalue weighted by molar-refractivity contribution is -0.205. The number of esters is 1. The zero-order valence-corrected chi connectivity index (χ0v) is 19.7. The Balaban J connectivity index is 1.84. The van der Waals surface area contributed by atoms with Crippen LogP contribution in [-0.2, 0) is 32.1 Å². The van der Waals surface area contributed by atoms with Crippen molar-refractivity contribution in [2.24, 2.45) is 0 Å². The minimum atomic E-state index is -5.32. The van der Waals surface area contributed by atoms with Crippen LogP contribution in [0.15, 0.2) is 24.3 Å². The van der Waals surface area contributed by atoms with E-state index in [1.807, 2.05) is 0 Å². The Kier molecular flexibility index (Phi) is 8.94. The molecule has 1 aromatic carbocycles. The molecule has 2 aromatic rings. The number of carboxylic acids is 2. The first-order chi connectivity index (χ1) is 17.4. The number of rotatable bonds is 11. The average molecular weight is 546 g/mol. The van der Waals surface area contributed by atoms with Crippen LogP contribution >= 0.6 is 11.3 Å². The van der Waals surface area contributed by atoms with E-state index in [9.17, 15) is 32.3 Å². The summed E-state index contributed by atoms with van der Waals surface area (Å²) in [5.74, 6) is -6.37. The SMILES string of the molecule is O=C(O)COc1ccc(C(CNC(=O)c2cc3c(s2)CCNC3)OC(=O)C(F)(F)F)cc1OCC(=O)O. The molecule has 0 aliphatic carbocycles. The zero-order chi connectivity index (χ0) is 27.2. The highest BCUT2D eigenvalue weighted by Crippen LogP contribution is 2.33. The predicted octanol–water partition coefficient (Wildman–Crippen LogP) is 1.90. The van der Waals surface area contributed by atoms with Gasteiger partial charge in [0.05, 0.1) is 11.4 Å². The summed E-state index contributed by atoms with van der Waals surface area (Å²) in [6, 6.07) is 4.99. The fraction of sp³-hybridized carbons (Fsp3) is 0.364. The first-order valence-corrected chi connectivity index (χ1v) is 11.5. The minimum absolute atomic E-state index is 0.101. The molecule has 1 unspecified atom stereocenters. The lowest BCUT2D eigenvalue weighted by atomic mass is 10.1. The van der Waals surface area contributed by atoms with Gasteiger partial charge in [-0.3, -0.25) is 4.79 Å². The van der Waals surface area contributed by atoms with E-state index in [2.05, 4.69) is 15.4 Å². The maximum Gasteiger partial charge on any atom is 0.490 e. The third-order valence-corrected chi connectivity index (χ3v) is 6.17. The molecule has 1 aromatic heterocycles. The number of nitrogens with one attached hydrogen (secondary N) is 2. The lowest BCUT2D eigenvalue weighted by Gasteiger charge is -2.21.